The fraction of sp³-hybridized carbons (Fsp3) is 0.263. The minimum absolute atomic E-state index is 0.0165. The van der Waals surface area contributed by atoms with Crippen LogP contribution < -0.4 is 10.2 Å². The van der Waals surface area contributed by atoms with Gasteiger partial charge in [0.05, 0.1) is 11.4 Å². The molecule has 2 amide bonds. The van der Waals surface area contributed by atoms with E-state index in [2.05, 4.69) is 5.32 Å². The minimum Gasteiger partial charge on any atom is -0.356 e. The molecule has 0 saturated heterocycles. The molecule has 0 aliphatic carbocycles. The van der Waals surface area contributed by atoms with Gasteiger partial charge in [-0.3, -0.25) is 9.59 Å². The molecule has 4 nitrogen and oxygen atoms in total. The largest absolute Gasteiger partial charge is 0.356 e. The third kappa shape index (κ3) is 4.39. The second-order valence-electron chi connectivity index (χ2n) is 5.74. The number of nitrogens with zero attached hydrogens (tertiary/aromatic N) is 1. The number of para-hydroxylation sites is 1. The van der Waals surface area contributed by atoms with E-state index in [0.717, 1.165) is 10.6 Å². The normalized spacial score (nSPS) is 13.5. The van der Waals surface area contributed by atoms with Crippen LogP contribution in [0.15, 0.2) is 53.4 Å². The molecular formula is C19H19FN2O2S. The molecule has 0 fully saturated rings. The summed E-state index contributed by atoms with van der Waals surface area (Å²) < 4.78 is 13.5. The molecule has 0 aromatic heterocycles. The smallest absolute Gasteiger partial charge is 0.237 e. The predicted molar refractivity (Wildman–Crippen MR) is 97.2 cm³/mol. The number of carbonyl (C=O) groups is 2. The summed E-state index contributed by atoms with van der Waals surface area (Å²) in [5.41, 5.74) is 1.45. The first kappa shape index (κ1) is 17.5. The first-order valence-corrected chi connectivity index (χ1v) is 9.16. The van der Waals surface area contributed by atoms with Gasteiger partial charge in [-0.25, -0.2) is 4.39 Å². The van der Waals surface area contributed by atoms with Crippen LogP contribution in [0.25, 0.3) is 0 Å². The van der Waals surface area contributed by atoms with Crippen LogP contribution in [0.5, 0.6) is 0 Å². The van der Waals surface area contributed by atoms with Crippen molar-refractivity contribution >= 4 is 29.3 Å². The Balaban J connectivity index is 1.49. The lowest BCUT2D eigenvalue weighted by molar-refractivity contribution is -0.121. The van der Waals surface area contributed by atoms with E-state index in [4.69, 9.17) is 0 Å². The number of carbonyl (C=O) groups excluding carboxylic acids is 2. The number of nitrogens with one attached hydrogen (secondary N) is 1. The Bertz CT molecular complexity index is 782. The highest BCUT2D eigenvalue weighted by molar-refractivity contribution is 8.00. The van der Waals surface area contributed by atoms with Crippen molar-refractivity contribution in [1.82, 2.24) is 5.32 Å². The fourth-order valence-electron chi connectivity index (χ4n) is 2.74. The summed E-state index contributed by atoms with van der Waals surface area (Å²) in [5.74, 6) is 0.0128. The number of thioether (sulfide) groups is 1. The Morgan fingerprint density at radius 3 is 2.76 bits per heavy atom. The van der Waals surface area contributed by atoms with Gasteiger partial charge in [0.25, 0.3) is 0 Å². The number of benzene rings is 2. The van der Waals surface area contributed by atoms with Crippen LogP contribution in [0.2, 0.25) is 0 Å². The highest BCUT2D eigenvalue weighted by Gasteiger charge is 2.24. The number of fused-ring (bicyclic) bond motifs is 1. The summed E-state index contributed by atoms with van der Waals surface area (Å²) in [6, 6.07) is 14.2. The summed E-state index contributed by atoms with van der Waals surface area (Å²) >= 11 is 1.52. The van der Waals surface area contributed by atoms with Crippen molar-refractivity contribution in [3.8, 4) is 0 Å². The predicted octanol–water partition coefficient (Wildman–Crippen LogP) is 3.01. The van der Waals surface area contributed by atoms with Crippen LogP contribution in [-0.2, 0) is 16.0 Å². The Kier molecular flexibility index (Phi) is 5.71. The van der Waals surface area contributed by atoms with Crippen molar-refractivity contribution in [2.75, 3.05) is 23.7 Å². The average Bonchev–Trinajstić information content (AvgIpc) is 2.62. The molecule has 1 aliphatic heterocycles. The Labute approximate surface area is 150 Å². The maximum atomic E-state index is 13.5. The SMILES string of the molecule is O=C(CCN1C(=O)CSc2ccccc21)NCCc1ccccc1F. The van der Waals surface area contributed by atoms with E-state index in [9.17, 15) is 14.0 Å². The number of halogens is 1. The Morgan fingerprint density at radius 1 is 1.16 bits per heavy atom. The average molecular weight is 358 g/mol. The molecule has 0 unspecified atom stereocenters. The molecule has 1 aliphatic rings. The van der Waals surface area contributed by atoms with Crippen molar-refractivity contribution in [1.29, 1.82) is 0 Å². The van der Waals surface area contributed by atoms with Crippen molar-refractivity contribution in [3.63, 3.8) is 0 Å². The van der Waals surface area contributed by atoms with E-state index >= 15 is 0 Å². The van der Waals surface area contributed by atoms with Crippen LogP contribution in [0.3, 0.4) is 0 Å². The highest BCUT2D eigenvalue weighted by Crippen LogP contribution is 2.34. The van der Waals surface area contributed by atoms with E-state index < -0.39 is 0 Å². The van der Waals surface area contributed by atoms with Crippen molar-refractivity contribution in [2.45, 2.75) is 17.7 Å². The molecule has 130 valence electrons. The minimum atomic E-state index is -0.259. The maximum absolute atomic E-state index is 13.5. The van der Waals surface area contributed by atoms with Gasteiger partial charge in [-0.05, 0) is 30.2 Å². The molecule has 25 heavy (non-hydrogen) atoms. The van der Waals surface area contributed by atoms with Crippen LogP contribution >= 0.6 is 11.8 Å². The lowest BCUT2D eigenvalue weighted by atomic mass is 10.1. The lowest BCUT2D eigenvalue weighted by Crippen LogP contribution is -2.38. The summed E-state index contributed by atoms with van der Waals surface area (Å²) in [6.07, 6.45) is 0.669. The van der Waals surface area contributed by atoms with Gasteiger partial charge in [0.1, 0.15) is 5.82 Å². The molecule has 2 aromatic carbocycles. The van der Waals surface area contributed by atoms with Crippen LogP contribution in [0.1, 0.15) is 12.0 Å². The van der Waals surface area contributed by atoms with Gasteiger partial charge >= 0.3 is 0 Å². The number of amides is 2. The highest BCUT2D eigenvalue weighted by atomic mass is 32.2. The first-order chi connectivity index (χ1) is 12.1. The van der Waals surface area contributed by atoms with E-state index in [-0.39, 0.29) is 24.1 Å². The Morgan fingerprint density at radius 2 is 1.92 bits per heavy atom. The molecular weight excluding hydrogens is 339 g/mol. The van der Waals surface area contributed by atoms with Gasteiger partial charge in [-0.15, -0.1) is 11.8 Å². The second-order valence-corrected chi connectivity index (χ2v) is 6.76. The van der Waals surface area contributed by atoms with Crippen molar-refractivity contribution < 1.29 is 14.0 Å². The summed E-state index contributed by atoms with van der Waals surface area (Å²) in [4.78, 5) is 26.9. The number of anilines is 1. The van der Waals surface area contributed by atoms with E-state index in [1.807, 2.05) is 24.3 Å². The Hall–Kier alpha value is -2.34. The topological polar surface area (TPSA) is 49.4 Å². The van der Waals surface area contributed by atoms with Gasteiger partial charge in [0.15, 0.2) is 0 Å². The second kappa shape index (κ2) is 8.16. The quantitative estimate of drug-likeness (QED) is 0.864. The standard InChI is InChI=1S/C19H19FN2O2S/c20-15-6-2-1-5-14(15)9-11-21-18(23)10-12-22-16-7-3-4-8-17(16)25-13-19(22)24/h1-8H,9-13H2,(H,21,23). The molecule has 0 atom stereocenters. The maximum Gasteiger partial charge on any atom is 0.237 e. The zero-order valence-electron chi connectivity index (χ0n) is 13.7. The van der Waals surface area contributed by atoms with Crippen molar-refractivity contribution in [2.24, 2.45) is 0 Å². The first-order valence-electron chi connectivity index (χ1n) is 8.17. The third-order valence-corrected chi connectivity index (χ3v) is 5.09. The zero-order chi connectivity index (χ0) is 17.6. The van der Waals surface area contributed by atoms with Crippen LogP contribution in [0, 0.1) is 5.82 Å². The molecule has 0 saturated carbocycles. The molecule has 0 spiro atoms. The number of hydrogen-bond acceptors (Lipinski definition) is 3. The molecule has 2 aromatic rings. The molecule has 0 radical (unpaired) electrons. The molecule has 3 rings (SSSR count). The number of hydrogen-bond donors (Lipinski definition) is 1. The fourth-order valence-corrected chi connectivity index (χ4v) is 3.67. The zero-order valence-corrected chi connectivity index (χ0v) is 14.5. The van der Waals surface area contributed by atoms with Crippen LogP contribution in [-0.4, -0.2) is 30.7 Å². The molecule has 1 heterocycles. The van der Waals surface area contributed by atoms with Gasteiger partial charge in [0.2, 0.25) is 11.8 Å². The summed E-state index contributed by atoms with van der Waals surface area (Å²) in [5, 5.41) is 2.79. The van der Waals surface area contributed by atoms with E-state index in [1.165, 1.54) is 17.8 Å². The van der Waals surface area contributed by atoms with Gasteiger partial charge in [-0.2, -0.15) is 0 Å². The lowest BCUT2D eigenvalue weighted by Gasteiger charge is -2.28. The van der Waals surface area contributed by atoms with Gasteiger partial charge in [-0.1, -0.05) is 30.3 Å². The third-order valence-electron chi connectivity index (χ3n) is 4.05. The van der Waals surface area contributed by atoms with Gasteiger partial charge in [0, 0.05) is 24.4 Å². The monoisotopic (exact) mass is 358 g/mol. The van der Waals surface area contributed by atoms with Crippen LogP contribution in [0.4, 0.5) is 10.1 Å². The van der Waals surface area contributed by atoms with Crippen molar-refractivity contribution in [3.05, 3.63) is 59.9 Å². The molecule has 6 heteroatoms. The molecule has 0 bridgehead atoms. The van der Waals surface area contributed by atoms with E-state index in [0.29, 0.717) is 30.8 Å². The van der Waals surface area contributed by atoms with Gasteiger partial charge < -0.3 is 10.2 Å². The number of rotatable bonds is 6. The van der Waals surface area contributed by atoms with E-state index in [1.54, 1.807) is 23.1 Å². The molecule has 1 N–H and O–H groups in total. The summed E-state index contributed by atoms with van der Waals surface area (Å²) in [7, 11) is 0. The summed E-state index contributed by atoms with van der Waals surface area (Å²) in [6.45, 7) is 0.724.